The smallest absolute Gasteiger partial charge is 0.245 e. The molecule has 2 atom stereocenters. The molecule has 226 valence electrons. The van der Waals surface area contributed by atoms with E-state index in [9.17, 15) is 9.59 Å². The van der Waals surface area contributed by atoms with Gasteiger partial charge in [0, 0.05) is 43.9 Å². The summed E-state index contributed by atoms with van der Waals surface area (Å²) in [5.74, 6) is 0.897. The minimum absolute atomic E-state index is 0.0838. The van der Waals surface area contributed by atoms with E-state index in [0.717, 1.165) is 61.7 Å². The zero-order chi connectivity index (χ0) is 30.3. The molecule has 2 aliphatic heterocycles. The standard InChI is InChI=1S/C33H41N7O2S/c1-6-37(7-2)22(3)10-11-28(41)23-17-26(24-19-34-40-15-12-25(36-31(24)40)29-9-8-16-43-29)35-30(18-23)39-14-13-27(39)32(42)38-20-33(4,5)21-38/h8-9,12,15-19,22,27H,6-7,10-11,13-14,20-21H2,1-5H3/t22-,27-/m0/s1. The summed E-state index contributed by atoms with van der Waals surface area (Å²) in [5, 5.41) is 6.59. The van der Waals surface area contributed by atoms with Crippen molar-refractivity contribution in [1.29, 1.82) is 0 Å². The molecule has 0 saturated carbocycles. The molecule has 0 unspecified atom stereocenters. The Balaban J connectivity index is 1.34. The number of nitrogens with zero attached hydrogens (tertiary/aromatic N) is 7. The average Bonchev–Trinajstić information content (AvgIpc) is 3.64. The zero-order valence-corrected chi connectivity index (χ0v) is 26.6. The van der Waals surface area contributed by atoms with Gasteiger partial charge in [0.1, 0.15) is 11.9 Å². The Hall–Kier alpha value is -3.63. The van der Waals surface area contributed by atoms with Crippen LogP contribution in [0.15, 0.2) is 48.1 Å². The van der Waals surface area contributed by atoms with E-state index in [-0.39, 0.29) is 23.1 Å². The Labute approximate surface area is 257 Å². The van der Waals surface area contributed by atoms with E-state index in [1.165, 1.54) is 0 Å². The van der Waals surface area contributed by atoms with Crippen molar-refractivity contribution in [2.24, 2.45) is 5.41 Å². The SMILES string of the molecule is CCN(CC)[C@@H](C)CCC(=O)c1cc(-c2cnn3ccc(-c4cccs4)nc23)nc(N2CC[C@H]2C(=O)N2CC(C)(C)C2)c1. The van der Waals surface area contributed by atoms with Crippen molar-refractivity contribution >= 4 is 34.5 Å². The number of Topliss-reactive ketones (excluding diaryl/α,β-unsaturated/α-hetero) is 1. The molecule has 0 N–H and O–H groups in total. The Morgan fingerprint density at radius 2 is 1.91 bits per heavy atom. The van der Waals surface area contributed by atoms with Crippen LogP contribution in [0, 0.1) is 5.41 Å². The van der Waals surface area contributed by atoms with Gasteiger partial charge in [-0.25, -0.2) is 14.5 Å². The van der Waals surface area contributed by atoms with Crippen molar-refractivity contribution in [2.75, 3.05) is 37.6 Å². The number of hydrogen-bond acceptors (Lipinski definition) is 8. The van der Waals surface area contributed by atoms with Gasteiger partial charge in [-0.15, -0.1) is 11.3 Å². The summed E-state index contributed by atoms with van der Waals surface area (Å²) >= 11 is 1.64. The van der Waals surface area contributed by atoms with Crippen LogP contribution in [0.4, 0.5) is 5.82 Å². The van der Waals surface area contributed by atoms with Gasteiger partial charge in [-0.2, -0.15) is 5.10 Å². The summed E-state index contributed by atoms with van der Waals surface area (Å²) in [5.41, 5.74) is 3.74. The molecule has 0 radical (unpaired) electrons. The van der Waals surface area contributed by atoms with Gasteiger partial charge in [0.25, 0.3) is 0 Å². The molecule has 9 nitrogen and oxygen atoms in total. The fourth-order valence-corrected chi connectivity index (χ4v) is 7.05. The highest BCUT2D eigenvalue weighted by Gasteiger charge is 2.44. The molecule has 0 aliphatic carbocycles. The summed E-state index contributed by atoms with van der Waals surface area (Å²) < 4.78 is 1.75. The number of hydrogen-bond donors (Lipinski definition) is 0. The van der Waals surface area contributed by atoms with Crippen molar-refractivity contribution in [2.45, 2.75) is 66.0 Å². The first kappa shape index (κ1) is 29.4. The maximum Gasteiger partial charge on any atom is 0.245 e. The molecule has 0 bridgehead atoms. The van der Waals surface area contributed by atoms with Gasteiger partial charge < -0.3 is 14.7 Å². The van der Waals surface area contributed by atoms with Gasteiger partial charge in [-0.3, -0.25) is 9.59 Å². The van der Waals surface area contributed by atoms with Crippen LogP contribution in [0.1, 0.15) is 64.2 Å². The summed E-state index contributed by atoms with van der Waals surface area (Å²) in [6.45, 7) is 15.1. The first-order valence-electron chi connectivity index (χ1n) is 15.4. The third-order valence-corrected chi connectivity index (χ3v) is 9.82. The fourth-order valence-electron chi connectivity index (χ4n) is 6.36. The van der Waals surface area contributed by atoms with Crippen molar-refractivity contribution in [3.8, 4) is 21.8 Å². The number of carbonyl (C=O) groups excluding carboxylic acids is 2. The number of carbonyl (C=O) groups is 2. The van der Waals surface area contributed by atoms with Gasteiger partial charge in [0.15, 0.2) is 11.4 Å². The number of amides is 1. The van der Waals surface area contributed by atoms with Gasteiger partial charge in [0.05, 0.1) is 28.0 Å². The normalized spacial score (nSPS) is 18.5. The number of aromatic nitrogens is 4. The Morgan fingerprint density at radius 3 is 2.56 bits per heavy atom. The lowest BCUT2D eigenvalue weighted by Crippen LogP contribution is -2.64. The zero-order valence-electron chi connectivity index (χ0n) is 25.8. The summed E-state index contributed by atoms with van der Waals surface area (Å²) in [4.78, 5) is 44.5. The summed E-state index contributed by atoms with van der Waals surface area (Å²) in [6.07, 6.45) is 5.69. The predicted octanol–water partition coefficient (Wildman–Crippen LogP) is 5.66. The summed E-state index contributed by atoms with van der Waals surface area (Å²) in [6, 6.07) is 9.84. The lowest BCUT2D eigenvalue weighted by Gasteiger charge is -2.50. The van der Waals surface area contributed by atoms with E-state index in [1.807, 2.05) is 40.7 Å². The predicted molar refractivity (Wildman–Crippen MR) is 172 cm³/mol. The molecule has 43 heavy (non-hydrogen) atoms. The first-order valence-corrected chi connectivity index (χ1v) is 16.3. The Morgan fingerprint density at radius 1 is 1.12 bits per heavy atom. The second-order valence-corrected chi connectivity index (χ2v) is 13.6. The highest BCUT2D eigenvalue weighted by atomic mass is 32.1. The van der Waals surface area contributed by atoms with Gasteiger partial charge in [-0.1, -0.05) is 33.8 Å². The molecule has 2 fully saturated rings. The maximum absolute atomic E-state index is 13.7. The molecule has 2 saturated heterocycles. The van der Waals surface area contributed by atoms with Crippen LogP contribution >= 0.6 is 11.3 Å². The van der Waals surface area contributed by atoms with Crippen LogP contribution in [0.5, 0.6) is 0 Å². The largest absolute Gasteiger partial charge is 0.344 e. The lowest BCUT2D eigenvalue weighted by atomic mass is 9.83. The van der Waals surface area contributed by atoms with Gasteiger partial charge >= 0.3 is 0 Å². The number of thiophene rings is 1. The van der Waals surface area contributed by atoms with Crippen LogP contribution in [0.25, 0.3) is 27.5 Å². The second-order valence-electron chi connectivity index (χ2n) is 12.6. The molecular weight excluding hydrogens is 558 g/mol. The minimum Gasteiger partial charge on any atom is -0.344 e. The van der Waals surface area contributed by atoms with E-state index in [4.69, 9.17) is 9.97 Å². The van der Waals surface area contributed by atoms with Crippen molar-refractivity contribution in [1.82, 2.24) is 29.4 Å². The quantitative estimate of drug-likeness (QED) is 0.206. The molecule has 0 aromatic carbocycles. The highest BCUT2D eigenvalue weighted by molar-refractivity contribution is 7.13. The van der Waals surface area contributed by atoms with Crippen LogP contribution in [0.3, 0.4) is 0 Å². The van der Waals surface area contributed by atoms with Crippen LogP contribution < -0.4 is 4.90 Å². The van der Waals surface area contributed by atoms with E-state index in [1.54, 1.807) is 22.0 Å². The minimum atomic E-state index is -0.253. The van der Waals surface area contributed by atoms with Crippen molar-refractivity contribution in [3.05, 3.63) is 53.7 Å². The Kier molecular flexibility index (Phi) is 8.08. The average molecular weight is 600 g/mol. The maximum atomic E-state index is 13.7. The molecule has 6 heterocycles. The van der Waals surface area contributed by atoms with Crippen molar-refractivity contribution < 1.29 is 9.59 Å². The van der Waals surface area contributed by atoms with Gasteiger partial charge in [-0.05, 0) is 67.9 Å². The fraction of sp³-hybridized carbons (Fsp3) is 0.485. The van der Waals surface area contributed by atoms with E-state index >= 15 is 0 Å². The van der Waals surface area contributed by atoms with Crippen molar-refractivity contribution in [3.63, 3.8) is 0 Å². The molecule has 2 aliphatic rings. The monoisotopic (exact) mass is 599 g/mol. The molecule has 1 amide bonds. The molecule has 10 heteroatoms. The number of pyridine rings is 1. The topological polar surface area (TPSA) is 86.9 Å². The number of rotatable bonds is 11. The lowest BCUT2D eigenvalue weighted by molar-refractivity contribution is -0.144. The van der Waals surface area contributed by atoms with E-state index in [2.05, 4.69) is 55.6 Å². The third-order valence-electron chi connectivity index (χ3n) is 8.93. The first-order chi connectivity index (χ1) is 20.7. The molecular formula is C33H41N7O2S. The number of likely N-dealkylation sites (tertiary alicyclic amines) is 1. The van der Waals surface area contributed by atoms with E-state index in [0.29, 0.717) is 35.2 Å². The number of anilines is 1. The highest BCUT2D eigenvalue weighted by Crippen LogP contribution is 2.35. The van der Waals surface area contributed by atoms with Crippen LogP contribution in [0.2, 0.25) is 0 Å². The Bertz CT molecular complexity index is 1620. The second kappa shape index (κ2) is 11.8. The third kappa shape index (κ3) is 5.82. The van der Waals surface area contributed by atoms with Crippen LogP contribution in [-0.2, 0) is 4.79 Å². The molecule has 4 aromatic heterocycles. The number of fused-ring (bicyclic) bond motifs is 1. The molecule has 0 spiro atoms. The van der Waals surface area contributed by atoms with E-state index < -0.39 is 0 Å². The van der Waals surface area contributed by atoms with Gasteiger partial charge in [0.2, 0.25) is 5.91 Å². The van der Waals surface area contributed by atoms with Crippen LogP contribution in [-0.4, -0.2) is 85.9 Å². The summed E-state index contributed by atoms with van der Waals surface area (Å²) in [7, 11) is 0. The molecule has 4 aromatic rings. The number of ketones is 1. The molecule has 6 rings (SSSR count).